The summed E-state index contributed by atoms with van der Waals surface area (Å²) < 4.78 is 13.7. The van der Waals surface area contributed by atoms with Gasteiger partial charge in [-0.05, 0) is 43.0 Å². The molecule has 5 heteroatoms. The highest BCUT2D eigenvalue weighted by Gasteiger charge is 2.22. The second-order valence-electron chi connectivity index (χ2n) is 6.01. The molecule has 0 atom stereocenters. The molecule has 1 N–H and O–H groups in total. The van der Waals surface area contributed by atoms with Crippen LogP contribution in [0.5, 0.6) is 0 Å². The molecule has 1 aliphatic rings. The van der Waals surface area contributed by atoms with Gasteiger partial charge in [0.15, 0.2) is 0 Å². The van der Waals surface area contributed by atoms with Gasteiger partial charge in [-0.15, -0.1) is 0 Å². The van der Waals surface area contributed by atoms with Gasteiger partial charge < -0.3 is 10.2 Å². The number of aromatic nitrogens is 1. The third-order valence-electron chi connectivity index (χ3n) is 4.20. The maximum atomic E-state index is 13.7. The zero-order valence-electron chi connectivity index (χ0n) is 13.1. The summed E-state index contributed by atoms with van der Waals surface area (Å²) in [6.07, 6.45) is 3.63. The van der Waals surface area contributed by atoms with E-state index in [2.05, 4.69) is 17.2 Å². The number of nitrogens with one attached hydrogen (secondary N) is 1. The lowest BCUT2D eigenvalue weighted by Crippen LogP contribution is -2.38. The van der Waals surface area contributed by atoms with Crippen LogP contribution in [0.2, 0.25) is 0 Å². The minimum absolute atomic E-state index is 0.0610. The fourth-order valence-electron chi connectivity index (χ4n) is 2.72. The molecule has 1 aromatic carbocycles. The number of nitrogens with zero attached hydrogens (tertiary/aromatic N) is 2. The summed E-state index contributed by atoms with van der Waals surface area (Å²) in [5, 5.41) is 2.99. The highest BCUT2D eigenvalue weighted by molar-refractivity contribution is 5.93. The van der Waals surface area contributed by atoms with Crippen LogP contribution in [0.15, 0.2) is 42.6 Å². The second-order valence-corrected chi connectivity index (χ2v) is 6.01. The molecule has 1 aromatic heterocycles. The Kier molecular flexibility index (Phi) is 4.55. The highest BCUT2D eigenvalue weighted by Crippen LogP contribution is 2.21. The number of anilines is 2. The second kappa shape index (κ2) is 6.77. The SMILES string of the molecule is CC1CCN(C(=O)c2cc(Nc3ccccc3F)ccn2)CC1. The highest BCUT2D eigenvalue weighted by atomic mass is 19.1. The zero-order chi connectivity index (χ0) is 16.2. The molecule has 0 aliphatic carbocycles. The molecule has 23 heavy (non-hydrogen) atoms. The minimum Gasteiger partial charge on any atom is -0.353 e. The molecule has 1 amide bonds. The Morgan fingerprint density at radius 1 is 1.26 bits per heavy atom. The van der Waals surface area contributed by atoms with E-state index in [4.69, 9.17) is 0 Å². The van der Waals surface area contributed by atoms with Gasteiger partial charge in [0.1, 0.15) is 11.5 Å². The van der Waals surface area contributed by atoms with E-state index >= 15 is 0 Å². The number of likely N-dealkylation sites (tertiary alicyclic amines) is 1. The van der Waals surface area contributed by atoms with E-state index < -0.39 is 0 Å². The molecule has 0 spiro atoms. The predicted octanol–water partition coefficient (Wildman–Crippen LogP) is 3.84. The van der Waals surface area contributed by atoms with Gasteiger partial charge in [0.2, 0.25) is 0 Å². The average Bonchev–Trinajstić information content (AvgIpc) is 2.57. The topological polar surface area (TPSA) is 45.2 Å². The molecular formula is C18H20FN3O. The number of rotatable bonds is 3. The van der Waals surface area contributed by atoms with Crippen molar-refractivity contribution in [3.05, 3.63) is 54.1 Å². The monoisotopic (exact) mass is 313 g/mol. The van der Waals surface area contributed by atoms with Gasteiger partial charge in [-0.3, -0.25) is 9.78 Å². The summed E-state index contributed by atoms with van der Waals surface area (Å²) >= 11 is 0. The normalized spacial score (nSPS) is 15.5. The smallest absolute Gasteiger partial charge is 0.272 e. The van der Waals surface area contributed by atoms with E-state index in [0.29, 0.717) is 23.0 Å². The molecule has 1 fully saturated rings. The van der Waals surface area contributed by atoms with E-state index in [0.717, 1.165) is 25.9 Å². The van der Waals surface area contributed by atoms with Crippen LogP contribution in [-0.4, -0.2) is 28.9 Å². The van der Waals surface area contributed by atoms with Crippen LogP contribution in [0.1, 0.15) is 30.3 Å². The van der Waals surface area contributed by atoms with E-state index in [1.807, 2.05) is 4.90 Å². The van der Waals surface area contributed by atoms with Crippen molar-refractivity contribution in [3.8, 4) is 0 Å². The Hall–Kier alpha value is -2.43. The van der Waals surface area contributed by atoms with Crippen LogP contribution in [-0.2, 0) is 0 Å². The molecule has 2 aromatic rings. The Morgan fingerprint density at radius 2 is 2.00 bits per heavy atom. The first-order chi connectivity index (χ1) is 11.1. The summed E-state index contributed by atoms with van der Waals surface area (Å²) in [4.78, 5) is 18.6. The first-order valence-corrected chi connectivity index (χ1v) is 7.90. The average molecular weight is 313 g/mol. The van der Waals surface area contributed by atoms with Crippen LogP contribution in [0.4, 0.5) is 15.8 Å². The number of amides is 1. The van der Waals surface area contributed by atoms with Crippen molar-refractivity contribution in [2.75, 3.05) is 18.4 Å². The first-order valence-electron chi connectivity index (χ1n) is 7.90. The summed E-state index contributed by atoms with van der Waals surface area (Å²) in [5.74, 6) is 0.275. The Bertz CT molecular complexity index is 696. The molecule has 1 saturated heterocycles. The summed E-state index contributed by atoms with van der Waals surface area (Å²) in [7, 11) is 0. The van der Waals surface area contributed by atoms with E-state index in [1.165, 1.54) is 6.07 Å². The Labute approximate surface area is 135 Å². The summed E-state index contributed by atoms with van der Waals surface area (Å²) in [6, 6.07) is 9.84. The molecule has 0 bridgehead atoms. The van der Waals surface area contributed by atoms with Crippen LogP contribution >= 0.6 is 0 Å². The molecule has 0 radical (unpaired) electrons. The standard InChI is InChI=1S/C18H20FN3O/c1-13-7-10-22(11-8-13)18(23)17-12-14(6-9-20-17)21-16-5-3-2-4-15(16)19/h2-6,9,12-13H,7-8,10-11H2,1H3,(H,20,21). The minimum atomic E-state index is -0.331. The van der Waals surface area contributed by atoms with Crippen molar-refractivity contribution in [2.24, 2.45) is 5.92 Å². The van der Waals surface area contributed by atoms with Gasteiger partial charge in [-0.1, -0.05) is 19.1 Å². The number of hydrogen-bond acceptors (Lipinski definition) is 3. The summed E-state index contributed by atoms with van der Waals surface area (Å²) in [6.45, 7) is 3.75. The van der Waals surface area contributed by atoms with Gasteiger partial charge in [0.25, 0.3) is 5.91 Å². The molecule has 120 valence electrons. The number of para-hydroxylation sites is 1. The van der Waals surface area contributed by atoms with Gasteiger partial charge in [0, 0.05) is 25.0 Å². The number of carbonyl (C=O) groups is 1. The molecule has 3 rings (SSSR count). The predicted molar refractivity (Wildman–Crippen MR) is 88.2 cm³/mol. The van der Waals surface area contributed by atoms with Gasteiger partial charge in [0.05, 0.1) is 5.69 Å². The Balaban J connectivity index is 1.75. The largest absolute Gasteiger partial charge is 0.353 e. The van der Waals surface area contributed by atoms with Crippen molar-refractivity contribution in [1.29, 1.82) is 0 Å². The van der Waals surface area contributed by atoms with Crippen LogP contribution in [0.3, 0.4) is 0 Å². The van der Waals surface area contributed by atoms with Crippen molar-refractivity contribution in [1.82, 2.24) is 9.88 Å². The molecular weight excluding hydrogens is 293 g/mol. The third kappa shape index (κ3) is 3.67. The van der Waals surface area contributed by atoms with Crippen LogP contribution < -0.4 is 5.32 Å². The van der Waals surface area contributed by atoms with Crippen molar-refractivity contribution in [3.63, 3.8) is 0 Å². The number of hydrogen-bond donors (Lipinski definition) is 1. The Morgan fingerprint density at radius 3 is 2.74 bits per heavy atom. The van der Waals surface area contributed by atoms with Crippen LogP contribution in [0.25, 0.3) is 0 Å². The van der Waals surface area contributed by atoms with Gasteiger partial charge in [-0.25, -0.2) is 4.39 Å². The van der Waals surface area contributed by atoms with E-state index in [1.54, 1.807) is 36.5 Å². The lowest BCUT2D eigenvalue weighted by Gasteiger charge is -2.30. The van der Waals surface area contributed by atoms with Crippen molar-refractivity contribution < 1.29 is 9.18 Å². The van der Waals surface area contributed by atoms with Crippen molar-refractivity contribution in [2.45, 2.75) is 19.8 Å². The fourth-order valence-corrected chi connectivity index (χ4v) is 2.72. The molecule has 1 aliphatic heterocycles. The third-order valence-corrected chi connectivity index (χ3v) is 4.20. The summed E-state index contributed by atoms with van der Waals surface area (Å²) in [5.41, 5.74) is 1.42. The number of carbonyl (C=O) groups excluding carboxylic acids is 1. The zero-order valence-corrected chi connectivity index (χ0v) is 13.1. The number of pyridine rings is 1. The number of benzene rings is 1. The lowest BCUT2D eigenvalue weighted by molar-refractivity contribution is 0.0691. The van der Waals surface area contributed by atoms with Gasteiger partial charge >= 0.3 is 0 Å². The van der Waals surface area contributed by atoms with E-state index in [9.17, 15) is 9.18 Å². The maximum absolute atomic E-state index is 13.7. The number of halogens is 1. The molecule has 0 unspecified atom stereocenters. The number of piperidine rings is 1. The molecule has 4 nitrogen and oxygen atoms in total. The lowest BCUT2D eigenvalue weighted by atomic mass is 9.99. The maximum Gasteiger partial charge on any atom is 0.272 e. The quantitative estimate of drug-likeness (QED) is 0.936. The molecule has 0 saturated carbocycles. The van der Waals surface area contributed by atoms with E-state index in [-0.39, 0.29) is 11.7 Å². The van der Waals surface area contributed by atoms with Gasteiger partial charge in [-0.2, -0.15) is 0 Å². The van der Waals surface area contributed by atoms with Crippen LogP contribution in [0, 0.1) is 11.7 Å². The van der Waals surface area contributed by atoms with Crippen molar-refractivity contribution >= 4 is 17.3 Å². The first kappa shape index (κ1) is 15.5. The fraction of sp³-hybridized carbons (Fsp3) is 0.333. The molecule has 2 heterocycles.